The Balaban J connectivity index is 2.81. The van der Waals surface area contributed by atoms with Gasteiger partial charge in [0, 0.05) is 24.3 Å². The number of nitrogens with two attached hydrogens (primary N) is 1. The number of anilines is 1. The standard InChI is InChI=1S/C14H23ClN2/c1-11(2)7-9-17(3)14-10-13(15)5-4-12(14)6-8-16/h4-5,10-11H,6-9,16H2,1-3H3. The molecule has 0 heterocycles. The van der Waals surface area contributed by atoms with Crippen LogP contribution in [0.15, 0.2) is 18.2 Å². The highest BCUT2D eigenvalue weighted by molar-refractivity contribution is 6.30. The fraction of sp³-hybridized carbons (Fsp3) is 0.571. The highest BCUT2D eigenvalue weighted by Gasteiger charge is 2.08. The van der Waals surface area contributed by atoms with Crippen molar-refractivity contribution in [1.82, 2.24) is 0 Å². The summed E-state index contributed by atoms with van der Waals surface area (Å²) in [5, 5.41) is 0.789. The molecule has 0 bridgehead atoms. The molecule has 0 amide bonds. The molecule has 1 aromatic carbocycles. The van der Waals surface area contributed by atoms with E-state index in [0.29, 0.717) is 6.54 Å². The second-order valence-electron chi connectivity index (χ2n) is 4.92. The van der Waals surface area contributed by atoms with Gasteiger partial charge in [-0.15, -0.1) is 0 Å². The van der Waals surface area contributed by atoms with Gasteiger partial charge in [-0.3, -0.25) is 0 Å². The Bertz CT molecular complexity index is 350. The van der Waals surface area contributed by atoms with E-state index >= 15 is 0 Å². The Morgan fingerprint density at radius 2 is 2.06 bits per heavy atom. The summed E-state index contributed by atoms with van der Waals surface area (Å²) in [6.07, 6.45) is 2.09. The summed E-state index contributed by atoms with van der Waals surface area (Å²) in [4.78, 5) is 2.27. The molecule has 0 unspecified atom stereocenters. The van der Waals surface area contributed by atoms with Gasteiger partial charge in [0.05, 0.1) is 0 Å². The number of nitrogens with zero attached hydrogens (tertiary/aromatic N) is 1. The minimum Gasteiger partial charge on any atom is -0.374 e. The number of benzene rings is 1. The van der Waals surface area contributed by atoms with Gasteiger partial charge in [0.1, 0.15) is 0 Å². The van der Waals surface area contributed by atoms with Gasteiger partial charge in [0.15, 0.2) is 0 Å². The van der Waals surface area contributed by atoms with Crippen LogP contribution in [0.2, 0.25) is 5.02 Å². The van der Waals surface area contributed by atoms with Gasteiger partial charge in [0.2, 0.25) is 0 Å². The molecule has 0 saturated heterocycles. The summed E-state index contributed by atoms with van der Waals surface area (Å²) in [5.41, 5.74) is 8.13. The quantitative estimate of drug-likeness (QED) is 0.844. The monoisotopic (exact) mass is 254 g/mol. The maximum atomic E-state index is 6.07. The van der Waals surface area contributed by atoms with Crippen molar-refractivity contribution in [3.05, 3.63) is 28.8 Å². The number of rotatable bonds is 6. The molecule has 0 saturated carbocycles. The zero-order chi connectivity index (χ0) is 12.8. The van der Waals surface area contributed by atoms with Crippen LogP contribution in [0.3, 0.4) is 0 Å². The zero-order valence-electron chi connectivity index (χ0n) is 11.0. The maximum Gasteiger partial charge on any atom is 0.0426 e. The summed E-state index contributed by atoms with van der Waals surface area (Å²) >= 11 is 6.07. The van der Waals surface area contributed by atoms with E-state index in [-0.39, 0.29) is 0 Å². The molecule has 2 nitrogen and oxygen atoms in total. The molecule has 0 aromatic heterocycles. The van der Waals surface area contributed by atoms with E-state index in [1.165, 1.54) is 17.7 Å². The van der Waals surface area contributed by atoms with Gasteiger partial charge >= 0.3 is 0 Å². The number of hydrogen-bond donors (Lipinski definition) is 1. The third-order valence-electron chi connectivity index (χ3n) is 2.91. The normalized spacial score (nSPS) is 10.9. The molecule has 3 heteroatoms. The smallest absolute Gasteiger partial charge is 0.0426 e. The fourth-order valence-corrected chi connectivity index (χ4v) is 2.00. The molecule has 0 aliphatic rings. The predicted molar refractivity (Wildman–Crippen MR) is 76.9 cm³/mol. The predicted octanol–water partition coefficient (Wildman–Crippen LogP) is 3.32. The second-order valence-corrected chi connectivity index (χ2v) is 5.35. The molecule has 1 rings (SSSR count). The van der Waals surface area contributed by atoms with Gasteiger partial charge in [-0.05, 0) is 43.0 Å². The van der Waals surface area contributed by atoms with Crippen LogP contribution < -0.4 is 10.6 Å². The lowest BCUT2D eigenvalue weighted by Gasteiger charge is -2.23. The summed E-state index contributed by atoms with van der Waals surface area (Å²) in [7, 11) is 2.12. The molecule has 0 aliphatic carbocycles. The Hall–Kier alpha value is -0.730. The van der Waals surface area contributed by atoms with Crippen molar-refractivity contribution in [3.63, 3.8) is 0 Å². The molecule has 0 atom stereocenters. The Morgan fingerprint density at radius 1 is 1.35 bits per heavy atom. The van der Waals surface area contributed by atoms with Gasteiger partial charge in [-0.1, -0.05) is 31.5 Å². The zero-order valence-corrected chi connectivity index (χ0v) is 11.8. The van der Waals surface area contributed by atoms with E-state index in [0.717, 1.165) is 23.9 Å². The van der Waals surface area contributed by atoms with Crippen molar-refractivity contribution in [1.29, 1.82) is 0 Å². The van der Waals surface area contributed by atoms with Crippen molar-refractivity contribution >= 4 is 17.3 Å². The highest BCUT2D eigenvalue weighted by atomic mass is 35.5. The first-order valence-electron chi connectivity index (χ1n) is 6.24. The number of halogens is 1. The first kappa shape index (κ1) is 14.3. The van der Waals surface area contributed by atoms with E-state index in [1.807, 2.05) is 12.1 Å². The SMILES string of the molecule is CC(C)CCN(C)c1cc(Cl)ccc1CCN. The summed E-state index contributed by atoms with van der Waals surface area (Å²) in [6.45, 7) is 6.21. The third-order valence-corrected chi connectivity index (χ3v) is 3.15. The van der Waals surface area contributed by atoms with E-state index in [4.69, 9.17) is 17.3 Å². The highest BCUT2D eigenvalue weighted by Crippen LogP contribution is 2.25. The van der Waals surface area contributed by atoms with Gasteiger partial charge < -0.3 is 10.6 Å². The van der Waals surface area contributed by atoms with Crippen LogP contribution in [0, 0.1) is 5.92 Å². The van der Waals surface area contributed by atoms with E-state index < -0.39 is 0 Å². The summed E-state index contributed by atoms with van der Waals surface area (Å²) in [6, 6.07) is 6.05. The molecule has 1 aromatic rings. The Kier molecular flexibility index (Phi) is 5.79. The van der Waals surface area contributed by atoms with Gasteiger partial charge in [-0.25, -0.2) is 0 Å². The maximum absolute atomic E-state index is 6.07. The second kappa shape index (κ2) is 6.87. The lowest BCUT2D eigenvalue weighted by Crippen LogP contribution is -2.21. The first-order valence-corrected chi connectivity index (χ1v) is 6.62. The molecule has 2 N–H and O–H groups in total. The lowest BCUT2D eigenvalue weighted by molar-refractivity contribution is 0.584. The van der Waals surface area contributed by atoms with Crippen molar-refractivity contribution in [3.8, 4) is 0 Å². The van der Waals surface area contributed by atoms with Gasteiger partial charge in [-0.2, -0.15) is 0 Å². The van der Waals surface area contributed by atoms with Crippen LogP contribution in [-0.4, -0.2) is 20.1 Å². The molecule has 17 heavy (non-hydrogen) atoms. The van der Waals surface area contributed by atoms with E-state index in [9.17, 15) is 0 Å². The van der Waals surface area contributed by atoms with E-state index in [2.05, 4.69) is 31.9 Å². The van der Waals surface area contributed by atoms with Crippen LogP contribution in [0.1, 0.15) is 25.8 Å². The molecule has 96 valence electrons. The molecule has 0 spiro atoms. The lowest BCUT2D eigenvalue weighted by atomic mass is 10.1. The summed E-state index contributed by atoms with van der Waals surface area (Å²) in [5.74, 6) is 0.717. The largest absolute Gasteiger partial charge is 0.374 e. The van der Waals surface area contributed by atoms with Crippen LogP contribution in [-0.2, 0) is 6.42 Å². The average Bonchev–Trinajstić information content (AvgIpc) is 2.28. The molecular formula is C14H23ClN2. The molecule has 0 fully saturated rings. The molecule has 0 radical (unpaired) electrons. The topological polar surface area (TPSA) is 29.3 Å². The average molecular weight is 255 g/mol. The van der Waals surface area contributed by atoms with Crippen LogP contribution in [0.4, 0.5) is 5.69 Å². The number of hydrogen-bond acceptors (Lipinski definition) is 2. The van der Waals surface area contributed by atoms with Crippen LogP contribution in [0.25, 0.3) is 0 Å². The Labute approximate surface area is 110 Å². The van der Waals surface area contributed by atoms with Crippen LogP contribution in [0.5, 0.6) is 0 Å². The first-order chi connectivity index (χ1) is 8.04. The Morgan fingerprint density at radius 3 is 2.65 bits per heavy atom. The fourth-order valence-electron chi connectivity index (χ4n) is 1.83. The van der Waals surface area contributed by atoms with Crippen molar-refractivity contribution in [2.45, 2.75) is 26.7 Å². The van der Waals surface area contributed by atoms with Crippen molar-refractivity contribution < 1.29 is 0 Å². The van der Waals surface area contributed by atoms with Gasteiger partial charge in [0.25, 0.3) is 0 Å². The summed E-state index contributed by atoms with van der Waals surface area (Å²) < 4.78 is 0. The minimum absolute atomic E-state index is 0.673. The molecule has 0 aliphatic heterocycles. The minimum atomic E-state index is 0.673. The third kappa shape index (κ3) is 4.57. The van der Waals surface area contributed by atoms with Crippen LogP contribution >= 0.6 is 11.6 Å². The molecular weight excluding hydrogens is 232 g/mol. The van der Waals surface area contributed by atoms with Crippen molar-refractivity contribution in [2.75, 3.05) is 25.0 Å². The van der Waals surface area contributed by atoms with Crippen molar-refractivity contribution in [2.24, 2.45) is 11.7 Å². The van der Waals surface area contributed by atoms with E-state index in [1.54, 1.807) is 0 Å².